The highest BCUT2D eigenvalue weighted by atomic mass is 16.4. The Morgan fingerprint density at radius 3 is 0.250 bits per heavy atom. The number of nitrogens with one attached hydrogen (secondary N) is 8. The van der Waals surface area contributed by atoms with E-state index in [4.69, 9.17) is 0 Å². The van der Waals surface area contributed by atoms with Gasteiger partial charge in [0, 0.05) is 0 Å². The van der Waals surface area contributed by atoms with Crippen LogP contribution >= 0.6 is 0 Å². The molecule has 0 aliphatic heterocycles. The van der Waals surface area contributed by atoms with Gasteiger partial charge < -0.3 is 79.4 Å². The molecule has 4 rings (SSSR count). The van der Waals surface area contributed by atoms with Crippen LogP contribution < -0.4 is 101 Å². The van der Waals surface area contributed by atoms with Crippen LogP contribution in [0.1, 0.15) is 320 Å². The van der Waals surface area contributed by atoms with Gasteiger partial charge in [0.05, 0.1) is 157 Å². The molecule has 0 spiro atoms. The molecule has 0 fully saturated rings. The fraction of sp³-hybridized carbons (Fsp3) is 0.750. The number of hydrogen-bond acceptors (Lipinski definition) is 8. The molecule has 0 atom stereocenters. The van der Waals surface area contributed by atoms with E-state index in [9.17, 15) is 40.2 Å². The monoisotopic (exact) mass is 1630 g/mol. The van der Waals surface area contributed by atoms with Gasteiger partial charge in [-0.15, -0.1) is 21.9 Å². The highest BCUT2D eigenvalue weighted by Crippen LogP contribution is 1.85. The molecule has 680 valence electrons. The molecule has 16 nitrogen and oxygen atoms in total. The number of rotatable bonds is 52. The fourth-order valence-electron chi connectivity index (χ4n) is 13.9. The number of hydrogen-bond donors (Lipinski definition) is 8. The smallest absolute Gasteiger partial charge is 0.0768 e. The van der Waals surface area contributed by atoms with Crippen LogP contribution in [0.2, 0.25) is 0 Å². The summed E-state index contributed by atoms with van der Waals surface area (Å²) in [6.45, 7) is 87.2. The lowest BCUT2D eigenvalue weighted by atomic mass is 9.81. The van der Waals surface area contributed by atoms with E-state index < -0.39 is 28.5 Å². The van der Waals surface area contributed by atoms with Gasteiger partial charge in [-0.25, -0.2) is 0 Å². The molecule has 0 heterocycles. The van der Waals surface area contributed by atoms with Crippen molar-refractivity contribution in [1.82, 2.24) is 0 Å². The van der Waals surface area contributed by atoms with Gasteiger partial charge in [-0.2, -0.15) is 0 Å². The Kier molecular flexibility index (Phi) is 119. The molecule has 0 radical (unpaired) electrons. The number of benzene rings is 4. The van der Waals surface area contributed by atoms with Crippen LogP contribution in [-0.4, -0.2) is 186 Å². The van der Waals surface area contributed by atoms with Gasteiger partial charge >= 0.3 is 0 Å². The van der Waals surface area contributed by atoms with Crippen LogP contribution in [0.15, 0.2) is 121 Å². The molecule has 0 aromatic heterocycles. The molecule has 0 amide bonds. The maximum atomic E-state index is 10.2. The summed E-state index contributed by atoms with van der Waals surface area (Å²) in [6.07, 6.45) is 31.9. The van der Waals surface area contributed by atoms with Crippen molar-refractivity contribution < 1.29 is 79.4 Å². The lowest BCUT2D eigenvalue weighted by molar-refractivity contribution is -0.900. The lowest BCUT2D eigenvalue weighted by Gasteiger charge is -2.26. The van der Waals surface area contributed by atoms with E-state index >= 15 is 0 Å². The second-order valence-electron chi connectivity index (χ2n) is 31.0. The first-order chi connectivity index (χ1) is 56.0. The summed E-state index contributed by atoms with van der Waals surface area (Å²) in [5.74, 6) is 0. The second kappa shape index (κ2) is 108. The summed E-state index contributed by atoms with van der Waals surface area (Å²) in [5, 5.41) is 81.4. The average molecular weight is 1630 g/mol. The van der Waals surface area contributed by atoms with E-state index in [1.165, 1.54) is 360 Å². The molecule has 0 unspecified atom stereocenters. The van der Waals surface area contributed by atoms with Crippen LogP contribution in [0.25, 0.3) is 0 Å². The third kappa shape index (κ3) is 97.6. The van der Waals surface area contributed by atoms with Gasteiger partial charge in [0.25, 0.3) is 0 Å². The molecular formula is C96H196B4N8O8. The van der Waals surface area contributed by atoms with Crippen LogP contribution in [0.3, 0.4) is 0 Å². The first-order valence-corrected chi connectivity index (χ1v) is 48.1. The normalized spacial score (nSPS) is 10.3. The van der Waals surface area contributed by atoms with Gasteiger partial charge in [0.1, 0.15) is 0 Å². The standard InChI is InChI=1S/8C9H21N.4C6H5BO2/c8*1-4-7-10(8-5-2)9-6-3;4*8-7(9)6-4-2-1-3-5-6/h8*4-9H2,1-3H3;4*1-5H/q;;;;;;;;4*-2/p+8. The predicted octanol–water partition coefficient (Wildman–Crippen LogP) is 1.22. The Morgan fingerprint density at radius 2 is 0.207 bits per heavy atom. The Hall–Kier alpha value is -3.50. The SMILES string of the molecule is CCC[NH+](CCC)CCC.CCC[NH+](CCC)CCC.CCC[NH+](CCC)CCC.CCC[NH+](CCC)CCC.CCC[NH+](CCC)CCC.CCC[NH+](CCC)CCC.CCC[NH+](CCC)CCC.CCC[NH+](CCC)CCC.[O-]B([O-])c1ccccc1.[O-]B([O-])c1ccccc1.[O-]B([O-])c1ccccc1.[O-]B([O-])c1ccccc1. The Bertz CT molecular complexity index is 1810. The molecular weight excluding hydrogens is 1440 g/mol. The summed E-state index contributed by atoms with van der Waals surface area (Å²) in [6, 6.07) is 32.8. The fourth-order valence-corrected chi connectivity index (χ4v) is 13.9. The summed E-state index contributed by atoms with van der Waals surface area (Å²) in [5.41, 5.74) is 1.21. The molecule has 0 saturated carbocycles. The quantitative estimate of drug-likeness (QED) is 0.0300. The lowest BCUT2D eigenvalue weighted by Crippen LogP contribution is -3.11. The summed E-state index contributed by atoms with van der Waals surface area (Å²) < 4.78 is 0. The molecule has 0 saturated heterocycles. The van der Waals surface area contributed by atoms with E-state index in [1.54, 1.807) is 112 Å². The predicted molar refractivity (Wildman–Crippen MR) is 499 cm³/mol. The number of quaternary nitrogens is 8. The van der Waals surface area contributed by atoms with E-state index in [0.29, 0.717) is 21.9 Å². The largest absolute Gasteiger partial charge is 0.889 e. The van der Waals surface area contributed by atoms with Crippen molar-refractivity contribution in [3.05, 3.63) is 121 Å². The highest BCUT2D eigenvalue weighted by Gasteiger charge is 2.08. The van der Waals surface area contributed by atoms with E-state index in [-0.39, 0.29) is 0 Å². The zero-order valence-corrected chi connectivity index (χ0v) is 81.1. The van der Waals surface area contributed by atoms with Crippen molar-refractivity contribution in [2.24, 2.45) is 0 Å². The van der Waals surface area contributed by atoms with Crippen LogP contribution in [0, 0.1) is 0 Å². The molecule has 20 heteroatoms. The Morgan fingerprint density at radius 1 is 0.138 bits per heavy atom. The van der Waals surface area contributed by atoms with Gasteiger partial charge in [-0.1, -0.05) is 316 Å². The van der Waals surface area contributed by atoms with E-state index in [2.05, 4.69) is 166 Å². The Labute approximate surface area is 724 Å². The Balaban J connectivity index is -0.000000183. The van der Waals surface area contributed by atoms with Crippen molar-refractivity contribution in [3.8, 4) is 0 Å². The molecule has 4 aromatic rings. The van der Waals surface area contributed by atoms with Crippen molar-refractivity contribution >= 4 is 50.3 Å². The highest BCUT2D eigenvalue weighted by molar-refractivity contribution is 6.56. The van der Waals surface area contributed by atoms with Crippen molar-refractivity contribution in [2.75, 3.05) is 157 Å². The zero-order chi connectivity index (χ0) is 89.3. The van der Waals surface area contributed by atoms with Crippen molar-refractivity contribution in [2.45, 2.75) is 320 Å². The van der Waals surface area contributed by atoms with E-state index in [1.807, 2.05) is 0 Å². The minimum absolute atomic E-state index is 0.303. The summed E-state index contributed by atoms with van der Waals surface area (Å²) in [7, 11) is -7.37. The zero-order valence-electron chi connectivity index (χ0n) is 81.1. The first-order valence-electron chi connectivity index (χ1n) is 48.1. The summed E-state index contributed by atoms with van der Waals surface area (Å²) >= 11 is 0. The minimum Gasteiger partial charge on any atom is -0.889 e. The van der Waals surface area contributed by atoms with Gasteiger partial charge in [-0.05, 0) is 154 Å². The van der Waals surface area contributed by atoms with Gasteiger partial charge in [-0.3, -0.25) is 0 Å². The third-order valence-electron chi connectivity index (χ3n) is 18.8. The van der Waals surface area contributed by atoms with E-state index in [0.717, 1.165) is 0 Å². The van der Waals surface area contributed by atoms with Gasteiger partial charge in [0.2, 0.25) is 0 Å². The third-order valence-corrected chi connectivity index (χ3v) is 18.8. The molecule has 0 aliphatic rings. The maximum Gasteiger partial charge on any atom is 0.0768 e. The van der Waals surface area contributed by atoms with Crippen LogP contribution in [-0.2, 0) is 0 Å². The first kappa shape index (κ1) is 128. The maximum absolute atomic E-state index is 10.2. The average Bonchev–Trinajstić information content (AvgIpc) is 0.952. The molecule has 4 aromatic carbocycles. The van der Waals surface area contributed by atoms with Crippen molar-refractivity contribution in [1.29, 1.82) is 0 Å². The second-order valence-corrected chi connectivity index (χ2v) is 31.0. The van der Waals surface area contributed by atoms with Crippen LogP contribution in [0.4, 0.5) is 0 Å². The topological polar surface area (TPSA) is 220 Å². The minimum atomic E-state index is -1.84. The molecule has 0 aliphatic carbocycles. The molecule has 116 heavy (non-hydrogen) atoms. The molecule has 0 bridgehead atoms. The van der Waals surface area contributed by atoms with Gasteiger partial charge in [0.15, 0.2) is 0 Å². The van der Waals surface area contributed by atoms with Crippen LogP contribution in [0.5, 0.6) is 0 Å². The van der Waals surface area contributed by atoms with Crippen molar-refractivity contribution in [3.63, 3.8) is 0 Å². The summed E-state index contributed by atoms with van der Waals surface area (Å²) in [4.78, 5) is 14.3. The molecule has 8 N–H and O–H groups in total.